The molecule has 0 spiro atoms. The summed E-state index contributed by atoms with van der Waals surface area (Å²) in [4.78, 5) is 6.74. The van der Waals surface area contributed by atoms with Crippen molar-refractivity contribution in [2.75, 3.05) is 4.90 Å². The molecule has 0 atom stereocenters. The summed E-state index contributed by atoms with van der Waals surface area (Å²) in [6.45, 7) is 0. The first-order valence-electron chi connectivity index (χ1n) is 15.1. The lowest BCUT2D eigenvalue weighted by Crippen LogP contribution is -2.10. The molecule has 212 valence electrons. The molecule has 4 heteroatoms. The first kappa shape index (κ1) is 25.4. The van der Waals surface area contributed by atoms with Crippen LogP contribution >= 0.6 is 0 Å². The van der Waals surface area contributed by atoms with E-state index in [-0.39, 0.29) is 0 Å². The molecule has 0 amide bonds. The van der Waals surface area contributed by atoms with Crippen LogP contribution in [0.15, 0.2) is 168 Å². The van der Waals surface area contributed by atoms with Gasteiger partial charge in [-0.2, -0.15) is 0 Å². The van der Waals surface area contributed by atoms with Crippen LogP contribution in [0.5, 0.6) is 0 Å². The second kappa shape index (κ2) is 10.2. The van der Waals surface area contributed by atoms with Gasteiger partial charge in [-0.25, -0.2) is 4.98 Å². The monoisotopic (exact) mass is 577 g/mol. The molecule has 0 aliphatic rings. The summed E-state index contributed by atoms with van der Waals surface area (Å²) in [5.41, 5.74) is 10.6. The molecule has 0 fully saturated rings. The lowest BCUT2D eigenvalue weighted by molar-refractivity contribution is 0.654. The molecule has 0 radical (unpaired) electrons. The van der Waals surface area contributed by atoms with Crippen LogP contribution in [0.1, 0.15) is 0 Å². The highest BCUT2D eigenvalue weighted by Crippen LogP contribution is 2.40. The van der Waals surface area contributed by atoms with Crippen LogP contribution in [0.2, 0.25) is 0 Å². The minimum atomic E-state index is 0.663. The van der Waals surface area contributed by atoms with E-state index in [9.17, 15) is 0 Å². The molecule has 0 aliphatic carbocycles. The minimum absolute atomic E-state index is 0.663. The van der Waals surface area contributed by atoms with Crippen LogP contribution < -0.4 is 4.90 Å². The third-order valence-electron chi connectivity index (χ3n) is 8.67. The van der Waals surface area contributed by atoms with Gasteiger partial charge in [0.1, 0.15) is 5.58 Å². The molecule has 45 heavy (non-hydrogen) atoms. The molecule has 9 rings (SSSR count). The Labute approximate surface area is 260 Å². The predicted molar refractivity (Wildman–Crippen MR) is 186 cm³/mol. The molecule has 0 aliphatic heterocycles. The third-order valence-corrected chi connectivity index (χ3v) is 8.67. The highest BCUT2D eigenvalue weighted by Gasteiger charge is 2.17. The number of hydrogen-bond donors (Lipinski definition) is 0. The van der Waals surface area contributed by atoms with E-state index in [4.69, 9.17) is 4.42 Å². The Morgan fingerprint density at radius 2 is 1.09 bits per heavy atom. The van der Waals surface area contributed by atoms with E-state index in [0.717, 1.165) is 50.2 Å². The molecule has 0 saturated carbocycles. The van der Waals surface area contributed by atoms with E-state index in [1.165, 1.54) is 21.8 Å². The summed E-state index contributed by atoms with van der Waals surface area (Å²) < 4.78 is 8.41. The molecule has 3 heterocycles. The summed E-state index contributed by atoms with van der Waals surface area (Å²) in [7, 11) is 0. The van der Waals surface area contributed by atoms with E-state index in [1.807, 2.05) is 18.2 Å². The molecule has 6 aromatic carbocycles. The Balaban J connectivity index is 1.14. The van der Waals surface area contributed by atoms with Gasteiger partial charge in [-0.05, 0) is 90.0 Å². The van der Waals surface area contributed by atoms with E-state index in [2.05, 4.69) is 154 Å². The van der Waals surface area contributed by atoms with Crippen LogP contribution in [0.4, 0.5) is 17.1 Å². The van der Waals surface area contributed by atoms with Gasteiger partial charge in [-0.3, -0.25) is 0 Å². The maximum Gasteiger partial charge on any atom is 0.227 e. The van der Waals surface area contributed by atoms with Crippen molar-refractivity contribution >= 4 is 60.9 Å². The van der Waals surface area contributed by atoms with Crippen molar-refractivity contribution in [3.63, 3.8) is 0 Å². The first-order chi connectivity index (χ1) is 22.3. The maximum absolute atomic E-state index is 6.05. The lowest BCUT2D eigenvalue weighted by Gasteiger charge is -2.26. The summed E-state index contributed by atoms with van der Waals surface area (Å²) >= 11 is 0. The molecular formula is C41H27N3O. The Morgan fingerprint density at radius 3 is 1.80 bits per heavy atom. The zero-order valence-electron chi connectivity index (χ0n) is 24.3. The fourth-order valence-electron chi connectivity index (χ4n) is 6.67. The van der Waals surface area contributed by atoms with Crippen LogP contribution in [0.3, 0.4) is 0 Å². The van der Waals surface area contributed by atoms with Crippen molar-refractivity contribution in [1.29, 1.82) is 0 Å². The van der Waals surface area contributed by atoms with Crippen molar-refractivity contribution in [3.8, 4) is 16.8 Å². The highest BCUT2D eigenvalue weighted by atomic mass is 16.3. The number of furan rings is 1. The normalized spacial score (nSPS) is 11.6. The summed E-state index contributed by atoms with van der Waals surface area (Å²) in [6.07, 6.45) is 1.77. The number of benzene rings is 6. The van der Waals surface area contributed by atoms with Gasteiger partial charge in [0.2, 0.25) is 5.71 Å². The number of rotatable bonds is 5. The zero-order chi connectivity index (χ0) is 29.7. The number of hydrogen-bond acceptors (Lipinski definition) is 3. The standard InChI is InChI=1S/C41H27N3O/c1-2-10-29(11-3-1)43(30-21-19-28(20-22-30)33-14-8-18-39-40(33)36-15-9-27-42-41(36)45-39)31-23-25-32(26-24-31)44-37-16-6-4-12-34(37)35-13-5-7-17-38(35)44/h1-27H. The van der Waals surface area contributed by atoms with Crippen molar-refractivity contribution in [3.05, 3.63) is 164 Å². The molecule has 0 N–H and O–H groups in total. The first-order valence-corrected chi connectivity index (χ1v) is 15.1. The van der Waals surface area contributed by atoms with Crippen molar-refractivity contribution in [2.45, 2.75) is 0 Å². The van der Waals surface area contributed by atoms with E-state index >= 15 is 0 Å². The average molecular weight is 578 g/mol. The van der Waals surface area contributed by atoms with E-state index in [0.29, 0.717) is 5.71 Å². The van der Waals surface area contributed by atoms with Gasteiger partial charge in [-0.15, -0.1) is 0 Å². The van der Waals surface area contributed by atoms with Crippen LogP contribution in [0, 0.1) is 0 Å². The molecular weight excluding hydrogens is 550 g/mol. The van der Waals surface area contributed by atoms with Gasteiger partial charge >= 0.3 is 0 Å². The summed E-state index contributed by atoms with van der Waals surface area (Å²) in [5.74, 6) is 0. The summed E-state index contributed by atoms with van der Waals surface area (Å²) in [5, 5.41) is 4.65. The van der Waals surface area contributed by atoms with Crippen molar-refractivity contribution in [2.24, 2.45) is 0 Å². The smallest absolute Gasteiger partial charge is 0.227 e. The predicted octanol–water partition coefficient (Wildman–Crippen LogP) is 11.2. The van der Waals surface area contributed by atoms with Crippen LogP contribution in [-0.2, 0) is 0 Å². The van der Waals surface area contributed by atoms with E-state index < -0.39 is 0 Å². The summed E-state index contributed by atoms with van der Waals surface area (Å²) in [6, 6.07) is 55.7. The average Bonchev–Trinajstić information content (AvgIpc) is 3.66. The molecule has 0 bridgehead atoms. The largest absolute Gasteiger partial charge is 0.438 e. The number of para-hydroxylation sites is 3. The highest BCUT2D eigenvalue weighted by molar-refractivity contribution is 6.11. The number of aromatic nitrogens is 2. The Bertz CT molecular complexity index is 2420. The lowest BCUT2D eigenvalue weighted by atomic mass is 9.99. The Hall–Kier alpha value is -6.13. The third kappa shape index (κ3) is 4.11. The Kier molecular flexibility index (Phi) is 5.78. The zero-order valence-corrected chi connectivity index (χ0v) is 24.3. The van der Waals surface area contributed by atoms with Gasteiger partial charge in [0.05, 0.1) is 11.0 Å². The molecule has 9 aromatic rings. The minimum Gasteiger partial charge on any atom is -0.438 e. The molecule has 3 aromatic heterocycles. The number of pyridine rings is 1. The van der Waals surface area contributed by atoms with Crippen LogP contribution in [-0.4, -0.2) is 9.55 Å². The number of fused-ring (bicyclic) bond motifs is 6. The van der Waals surface area contributed by atoms with Crippen molar-refractivity contribution < 1.29 is 4.42 Å². The fourth-order valence-corrected chi connectivity index (χ4v) is 6.67. The van der Waals surface area contributed by atoms with Gasteiger partial charge in [0.25, 0.3) is 0 Å². The van der Waals surface area contributed by atoms with Gasteiger partial charge in [0, 0.05) is 50.5 Å². The SMILES string of the molecule is c1ccc(N(c2ccc(-c3cccc4oc5ncccc5c34)cc2)c2ccc(-n3c4ccccc4c4ccccc43)cc2)cc1. The number of anilines is 3. The Morgan fingerprint density at radius 1 is 0.489 bits per heavy atom. The maximum atomic E-state index is 6.05. The van der Waals surface area contributed by atoms with Gasteiger partial charge in [-0.1, -0.05) is 78.9 Å². The second-order valence-corrected chi connectivity index (χ2v) is 11.2. The van der Waals surface area contributed by atoms with Crippen LogP contribution in [0.25, 0.3) is 60.7 Å². The second-order valence-electron chi connectivity index (χ2n) is 11.2. The van der Waals surface area contributed by atoms with Gasteiger partial charge in [0.15, 0.2) is 0 Å². The quantitative estimate of drug-likeness (QED) is 0.204. The topological polar surface area (TPSA) is 34.2 Å². The molecule has 0 unspecified atom stereocenters. The fraction of sp³-hybridized carbons (Fsp3) is 0. The number of nitrogens with zero attached hydrogens (tertiary/aromatic N) is 3. The van der Waals surface area contributed by atoms with Crippen molar-refractivity contribution in [1.82, 2.24) is 9.55 Å². The van der Waals surface area contributed by atoms with Gasteiger partial charge < -0.3 is 13.9 Å². The molecule has 4 nitrogen and oxygen atoms in total. The molecule has 0 saturated heterocycles. The van der Waals surface area contributed by atoms with E-state index in [1.54, 1.807) is 6.20 Å².